The van der Waals surface area contributed by atoms with Crippen molar-refractivity contribution in [3.63, 3.8) is 0 Å². The number of hydrogen-bond acceptors (Lipinski definition) is 3. The van der Waals surface area contributed by atoms with E-state index < -0.39 is 6.04 Å². The van der Waals surface area contributed by atoms with Crippen molar-refractivity contribution in [2.24, 2.45) is 5.10 Å². The summed E-state index contributed by atoms with van der Waals surface area (Å²) in [7, 11) is 0. The van der Waals surface area contributed by atoms with E-state index in [0.717, 1.165) is 22.2 Å². The molecular formula is C21H16Cl2N4O2. The standard InChI is InChI=1S/C21H16Cl2N4O2/c22-15-5-3-6-16(23)14(15)9-24-27-11-20(28)26-10-18-13(8-19(26)21(27)29)12-4-1-2-7-17(12)25-18/h1-7,9,19,25H,8,10-11H2/t19-/m0/s1. The van der Waals surface area contributed by atoms with Gasteiger partial charge in [-0.15, -0.1) is 0 Å². The Morgan fingerprint density at radius 2 is 1.79 bits per heavy atom. The number of hydrogen-bond donors (Lipinski definition) is 1. The fourth-order valence-electron chi connectivity index (χ4n) is 4.02. The van der Waals surface area contributed by atoms with Crippen molar-refractivity contribution in [3.8, 4) is 0 Å². The number of para-hydroxylation sites is 1. The van der Waals surface area contributed by atoms with Crippen molar-refractivity contribution in [1.82, 2.24) is 14.9 Å². The zero-order valence-electron chi connectivity index (χ0n) is 15.2. The molecule has 2 amide bonds. The van der Waals surface area contributed by atoms with Gasteiger partial charge in [-0.1, -0.05) is 47.5 Å². The number of nitrogens with one attached hydrogen (secondary N) is 1. The van der Waals surface area contributed by atoms with Gasteiger partial charge in [0.1, 0.15) is 12.6 Å². The molecule has 2 aliphatic rings. The summed E-state index contributed by atoms with van der Waals surface area (Å²) < 4.78 is 0. The van der Waals surface area contributed by atoms with Crippen LogP contribution in [-0.2, 0) is 22.6 Å². The fraction of sp³-hybridized carbons (Fsp3) is 0.190. The molecule has 1 aromatic heterocycles. The number of aromatic amines is 1. The highest BCUT2D eigenvalue weighted by Gasteiger charge is 2.43. The summed E-state index contributed by atoms with van der Waals surface area (Å²) in [4.78, 5) is 30.9. The molecule has 2 aliphatic heterocycles. The molecule has 1 atom stereocenters. The first-order valence-electron chi connectivity index (χ1n) is 9.20. The molecule has 8 heteroatoms. The number of H-pyrrole nitrogens is 1. The van der Waals surface area contributed by atoms with Crippen molar-refractivity contribution in [3.05, 3.63) is 69.3 Å². The van der Waals surface area contributed by atoms with Gasteiger partial charge in [0.25, 0.3) is 5.91 Å². The smallest absolute Gasteiger partial charge is 0.266 e. The van der Waals surface area contributed by atoms with Gasteiger partial charge in [-0.05, 0) is 23.8 Å². The molecule has 3 heterocycles. The average molecular weight is 427 g/mol. The number of carbonyl (C=O) groups excluding carboxylic acids is 2. The Morgan fingerprint density at radius 1 is 1.03 bits per heavy atom. The lowest BCUT2D eigenvalue weighted by Gasteiger charge is -2.40. The molecule has 5 rings (SSSR count). The van der Waals surface area contributed by atoms with E-state index in [1.165, 1.54) is 11.2 Å². The van der Waals surface area contributed by atoms with E-state index in [-0.39, 0.29) is 18.4 Å². The summed E-state index contributed by atoms with van der Waals surface area (Å²) in [6.45, 7) is 0.288. The lowest BCUT2D eigenvalue weighted by molar-refractivity contribution is -0.157. The van der Waals surface area contributed by atoms with Crippen LogP contribution in [0.25, 0.3) is 10.9 Å². The topological polar surface area (TPSA) is 68.8 Å². The van der Waals surface area contributed by atoms with Gasteiger partial charge < -0.3 is 9.88 Å². The second kappa shape index (κ2) is 6.90. The van der Waals surface area contributed by atoms with E-state index >= 15 is 0 Å². The Hall–Kier alpha value is -2.83. The van der Waals surface area contributed by atoms with Crippen LogP contribution in [0.4, 0.5) is 0 Å². The molecule has 0 saturated carbocycles. The summed E-state index contributed by atoms with van der Waals surface area (Å²) in [6, 6.07) is 12.5. The average Bonchev–Trinajstić information content (AvgIpc) is 3.07. The van der Waals surface area contributed by atoms with Gasteiger partial charge in [0, 0.05) is 28.6 Å². The normalized spacial score (nSPS) is 19.2. The molecule has 0 radical (unpaired) electrons. The Morgan fingerprint density at radius 3 is 2.59 bits per heavy atom. The minimum Gasteiger partial charge on any atom is -0.357 e. The van der Waals surface area contributed by atoms with Crippen molar-refractivity contribution < 1.29 is 9.59 Å². The maximum Gasteiger partial charge on any atom is 0.266 e. The number of halogens is 2. The van der Waals surface area contributed by atoms with Crippen molar-refractivity contribution in [2.45, 2.75) is 19.0 Å². The third-order valence-corrected chi connectivity index (χ3v) is 6.13. The maximum absolute atomic E-state index is 13.1. The SMILES string of the molecule is O=C1[C@@H]2Cc3c([nH]c4ccccc34)CN2C(=O)CN1N=Cc1c(Cl)cccc1Cl. The number of aromatic nitrogens is 1. The molecule has 1 N–H and O–H groups in total. The van der Waals surface area contributed by atoms with Crippen LogP contribution >= 0.6 is 23.2 Å². The van der Waals surface area contributed by atoms with E-state index in [0.29, 0.717) is 28.6 Å². The number of amides is 2. The Labute approximate surface area is 176 Å². The summed E-state index contributed by atoms with van der Waals surface area (Å²) >= 11 is 12.3. The summed E-state index contributed by atoms with van der Waals surface area (Å²) in [5, 5.41) is 7.40. The molecule has 29 heavy (non-hydrogen) atoms. The van der Waals surface area contributed by atoms with Crippen LogP contribution in [0.5, 0.6) is 0 Å². The van der Waals surface area contributed by atoms with E-state index in [1.807, 2.05) is 24.3 Å². The molecule has 3 aromatic rings. The second-order valence-corrected chi connectivity index (χ2v) is 7.96. The van der Waals surface area contributed by atoms with Crippen LogP contribution in [0, 0.1) is 0 Å². The summed E-state index contributed by atoms with van der Waals surface area (Å²) in [5.41, 5.74) is 3.60. The van der Waals surface area contributed by atoms with Gasteiger partial charge in [-0.25, -0.2) is 5.01 Å². The first-order chi connectivity index (χ1) is 14.0. The number of carbonyl (C=O) groups is 2. The minimum atomic E-state index is -0.568. The molecule has 6 nitrogen and oxygen atoms in total. The molecule has 2 aromatic carbocycles. The van der Waals surface area contributed by atoms with Gasteiger partial charge in [0.15, 0.2) is 0 Å². The number of nitrogens with zero attached hydrogens (tertiary/aromatic N) is 3. The van der Waals surface area contributed by atoms with Crippen molar-refractivity contribution in [1.29, 1.82) is 0 Å². The van der Waals surface area contributed by atoms with E-state index in [9.17, 15) is 9.59 Å². The number of piperazine rings is 1. The zero-order chi connectivity index (χ0) is 20.1. The predicted molar refractivity (Wildman–Crippen MR) is 112 cm³/mol. The van der Waals surface area contributed by atoms with Crippen LogP contribution in [0.2, 0.25) is 10.0 Å². The van der Waals surface area contributed by atoms with Crippen LogP contribution in [0.15, 0.2) is 47.6 Å². The molecule has 146 valence electrons. The molecule has 0 unspecified atom stereocenters. The van der Waals surface area contributed by atoms with Gasteiger partial charge in [0.2, 0.25) is 5.91 Å². The molecule has 1 fully saturated rings. The molecular weight excluding hydrogens is 411 g/mol. The van der Waals surface area contributed by atoms with Crippen molar-refractivity contribution >= 4 is 52.1 Å². The van der Waals surface area contributed by atoms with Crippen molar-refractivity contribution in [2.75, 3.05) is 6.54 Å². The van der Waals surface area contributed by atoms with E-state index in [4.69, 9.17) is 23.2 Å². The van der Waals surface area contributed by atoms with Crippen LogP contribution in [0.1, 0.15) is 16.8 Å². The third kappa shape index (κ3) is 2.99. The summed E-state index contributed by atoms with van der Waals surface area (Å²) in [5.74, 6) is -0.346. The first-order valence-corrected chi connectivity index (χ1v) is 9.96. The summed E-state index contributed by atoms with van der Waals surface area (Å²) in [6.07, 6.45) is 1.90. The van der Waals surface area contributed by atoms with Crippen LogP contribution in [-0.4, -0.2) is 45.5 Å². The van der Waals surface area contributed by atoms with E-state index in [1.54, 1.807) is 23.1 Å². The van der Waals surface area contributed by atoms with Gasteiger partial charge in [-0.2, -0.15) is 5.10 Å². The van der Waals surface area contributed by atoms with Gasteiger partial charge in [-0.3, -0.25) is 9.59 Å². The Bertz CT molecular complexity index is 1170. The maximum atomic E-state index is 13.1. The van der Waals surface area contributed by atoms with Gasteiger partial charge >= 0.3 is 0 Å². The molecule has 0 spiro atoms. The molecule has 1 saturated heterocycles. The predicted octanol–water partition coefficient (Wildman–Crippen LogP) is 3.60. The molecule has 0 bridgehead atoms. The zero-order valence-corrected chi connectivity index (χ0v) is 16.7. The number of hydrazone groups is 1. The van der Waals surface area contributed by atoms with E-state index in [2.05, 4.69) is 10.1 Å². The fourth-order valence-corrected chi connectivity index (χ4v) is 4.51. The largest absolute Gasteiger partial charge is 0.357 e. The minimum absolute atomic E-state index is 0.108. The number of fused-ring (bicyclic) bond motifs is 4. The first kappa shape index (κ1) is 18.2. The highest BCUT2D eigenvalue weighted by atomic mass is 35.5. The second-order valence-electron chi connectivity index (χ2n) is 7.15. The quantitative estimate of drug-likeness (QED) is 0.635. The Kier molecular flexibility index (Phi) is 4.33. The highest BCUT2D eigenvalue weighted by Crippen LogP contribution is 2.32. The third-order valence-electron chi connectivity index (χ3n) is 5.47. The van der Waals surface area contributed by atoms with Crippen LogP contribution < -0.4 is 0 Å². The monoisotopic (exact) mass is 426 g/mol. The number of benzene rings is 2. The Balaban J connectivity index is 1.46. The van der Waals surface area contributed by atoms with Crippen LogP contribution in [0.3, 0.4) is 0 Å². The lowest BCUT2D eigenvalue weighted by atomic mass is 9.94. The molecule has 0 aliphatic carbocycles. The number of rotatable bonds is 2. The highest BCUT2D eigenvalue weighted by molar-refractivity contribution is 6.38. The van der Waals surface area contributed by atoms with Gasteiger partial charge in [0.05, 0.1) is 22.8 Å². The lowest BCUT2D eigenvalue weighted by Crippen LogP contribution is -2.60.